The first-order chi connectivity index (χ1) is 9.81. The predicted molar refractivity (Wildman–Crippen MR) is 76.7 cm³/mol. The van der Waals surface area contributed by atoms with Crippen LogP contribution in [0.1, 0.15) is 36.7 Å². The molecule has 1 aromatic carbocycles. The Balaban J connectivity index is 3.24. The summed E-state index contributed by atoms with van der Waals surface area (Å²) in [6.45, 7) is 0.438. The van der Waals surface area contributed by atoms with Crippen LogP contribution in [0.2, 0.25) is 0 Å². The maximum Gasteiger partial charge on any atom is 0.509 e. The van der Waals surface area contributed by atoms with E-state index in [9.17, 15) is 22.5 Å². The predicted octanol–water partition coefficient (Wildman–Crippen LogP) is 3.09. The number of carboxylic acids is 1. The summed E-state index contributed by atoms with van der Waals surface area (Å²) in [4.78, 5) is 22.7. The number of carbonyl (C=O) groups excluding carboxylic acids is 1. The fourth-order valence-corrected chi connectivity index (χ4v) is 1.79. The zero-order chi connectivity index (χ0) is 17.3. The number of rotatable bonds is 3. The maximum absolute atomic E-state index is 13.0. The molecule has 22 heavy (non-hydrogen) atoms. The molecule has 0 spiro atoms. The molecule has 0 bridgehead atoms. The quantitative estimate of drug-likeness (QED) is 0.840. The van der Waals surface area contributed by atoms with Crippen molar-refractivity contribution in [1.82, 2.24) is 0 Å². The van der Waals surface area contributed by atoms with Crippen LogP contribution in [0.3, 0.4) is 0 Å². The Labute approximate surface area is 125 Å². The molecule has 0 heterocycles. The van der Waals surface area contributed by atoms with Gasteiger partial charge in [0.25, 0.3) is 0 Å². The summed E-state index contributed by atoms with van der Waals surface area (Å²) >= 11 is 0. The number of anilines is 1. The topological polar surface area (TPSA) is 75.6 Å². The van der Waals surface area contributed by atoms with Crippen molar-refractivity contribution >= 4 is 30.2 Å². The highest BCUT2D eigenvalue weighted by molar-refractivity contribution is 6.74. The zero-order valence-electron chi connectivity index (χ0n) is 12.5. The third-order valence-electron chi connectivity index (χ3n) is 2.68. The van der Waals surface area contributed by atoms with E-state index in [1.807, 2.05) is 0 Å². The molecule has 0 unspecified atom stereocenters. The van der Waals surface area contributed by atoms with Crippen LogP contribution in [0.25, 0.3) is 0 Å². The molecule has 9 heteroatoms. The van der Waals surface area contributed by atoms with Crippen molar-refractivity contribution in [1.29, 1.82) is 0 Å². The van der Waals surface area contributed by atoms with Gasteiger partial charge in [-0.15, -0.1) is 5.46 Å². The normalized spacial score (nSPS) is 12.0. The van der Waals surface area contributed by atoms with Crippen LogP contribution in [0.4, 0.5) is 23.4 Å². The van der Waals surface area contributed by atoms with Crippen LogP contribution >= 0.6 is 0 Å². The molecular formula is C13H16BF3NO4-. The molecule has 0 aliphatic carbocycles. The van der Waals surface area contributed by atoms with Crippen molar-refractivity contribution < 1.29 is 32.4 Å². The Morgan fingerprint density at radius 3 is 2.18 bits per heavy atom. The van der Waals surface area contributed by atoms with E-state index < -0.39 is 41.2 Å². The van der Waals surface area contributed by atoms with E-state index in [0.717, 1.165) is 13.0 Å². The molecule has 0 fully saturated rings. The highest BCUT2D eigenvalue weighted by atomic mass is 19.4. The SMILES string of the molecule is Cc1c(C(=O)O)cc(NC(=O)OC(C)(C)C)cc1[B-](F)(F)F. The lowest BCUT2D eigenvalue weighted by molar-refractivity contribution is 0.0632. The molecule has 0 aliphatic rings. The number of ether oxygens (including phenoxy) is 1. The van der Waals surface area contributed by atoms with Crippen molar-refractivity contribution in [3.63, 3.8) is 0 Å². The first-order valence-corrected chi connectivity index (χ1v) is 6.39. The Kier molecular flexibility index (Phi) is 4.79. The Bertz CT molecular complexity index is 609. The molecule has 0 saturated heterocycles. The first-order valence-electron chi connectivity index (χ1n) is 6.39. The molecular weight excluding hydrogens is 302 g/mol. The van der Waals surface area contributed by atoms with Crippen molar-refractivity contribution in [2.45, 2.75) is 33.3 Å². The average Bonchev–Trinajstić information content (AvgIpc) is 2.26. The Hall–Kier alpha value is -2.19. The monoisotopic (exact) mass is 318 g/mol. The number of hydrogen-bond acceptors (Lipinski definition) is 3. The number of benzene rings is 1. The van der Waals surface area contributed by atoms with E-state index in [-0.39, 0.29) is 5.69 Å². The van der Waals surface area contributed by atoms with Crippen LogP contribution in [-0.4, -0.2) is 29.7 Å². The first kappa shape index (κ1) is 17.9. The highest BCUT2D eigenvalue weighted by Gasteiger charge is 2.30. The molecule has 1 aromatic rings. The van der Waals surface area contributed by atoms with Crippen LogP contribution < -0.4 is 10.8 Å². The summed E-state index contributed by atoms with van der Waals surface area (Å²) in [5, 5.41) is 11.1. The second kappa shape index (κ2) is 5.90. The minimum Gasteiger partial charge on any atom is -0.478 e. The van der Waals surface area contributed by atoms with Gasteiger partial charge in [-0.25, -0.2) is 9.59 Å². The third-order valence-corrected chi connectivity index (χ3v) is 2.68. The van der Waals surface area contributed by atoms with Gasteiger partial charge in [0.1, 0.15) is 5.60 Å². The standard InChI is InChI=1S/C13H16BF3NO4/c1-7-9(11(19)20)5-8(6-10(7)14(15,16)17)18-12(21)22-13(2,3)4/h5-6H,1-4H3,(H,18,21)(H,19,20)/q-1. The molecule has 2 N–H and O–H groups in total. The van der Waals surface area contributed by atoms with E-state index >= 15 is 0 Å². The Morgan fingerprint density at radius 2 is 1.77 bits per heavy atom. The molecule has 5 nitrogen and oxygen atoms in total. The molecule has 1 rings (SSSR count). The summed E-state index contributed by atoms with van der Waals surface area (Å²) in [6, 6.07) is 1.67. The molecule has 0 atom stereocenters. The minimum atomic E-state index is -5.41. The second-order valence-electron chi connectivity index (χ2n) is 5.74. The number of aromatic carboxylic acids is 1. The molecule has 0 radical (unpaired) electrons. The van der Waals surface area contributed by atoms with Crippen LogP contribution in [0, 0.1) is 6.92 Å². The van der Waals surface area contributed by atoms with Crippen LogP contribution in [0.5, 0.6) is 0 Å². The second-order valence-corrected chi connectivity index (χ2v) is 5.74. The van der Waals surface area contributed by atoms with Gasteiger partial charge in [0, 0.05) is 5.69 Å². The number of carboxylic acid groups (broad SMARTS) is 1. The molecule has 1 amide bonds. The summed E-state index contributed by atoms with van der Waals surface area (Å²) < 4.78 is 43.9. The van der Waals surface area contributed by atoms with Gasteiger partial charge < -0.3 is 22.8 Å². The summed E-state index contributed by atoms with van der Waals surface area (Å²) in [7, 11) is 0. The Morgan fingerprint density at radius 1 is 1.23 bits per heavy atom. The van der Waals surface area contributed by atoms with Crippen LogP contribution in [0.15, 0.2) is 12.1 Å². The van der Waals surface area contributed by atoms with E-state index in [1.54, 1.807) is 20.8 Å². The molecule has 0 aromatic heterocycles. The molecule has 122 valence electrons. The van der Waals surface area contributed by atoms with Crippen molar-refractivity contribution in [2.24, 2.45) is 0 Å². The lowest BCUT2D eigenvalue weighted by Crippen LogP contribution is -2.38. The van der Waals surface area contributed by atoms with E-state index in [0.29, 0.717) is 6.07 Å². The van der Waals surface area contributed by atoms with E-state index in [1.165, 1.54) is 0 Å². The van der Waals surface area contributed by atoms with Gasteiger partial charge in [-0.1, -0.05) is 11.6 Å². The number of nitrogens with one attached hydrogen (secondary N) is 1. The van der Waals surface area contributed by atoms with E-state index in [4.69, 9.17) is 9.84 Å². The fraction of sp³-hybridized carbons (Fsp3) is 0.385. The average molecular weight is 318 g/mol. The van der Waals surface area contributed by atoms with Crippen molar-refractivity contribution in [3.8, 4) is 0 Å². The van der Waals surface area contributed by atoms with Gasteiger partial charge in [-0.05, 0) is 33.8 Å². The number of hydrogen-bond donors (Lipinski definition) is 2. The van der Waals surface area contributed by atoms with E-state index in [2.05, 4.69) is 5.32 Å². The minimum absolute atomic E-state index is 0.286. The zero-order valence-corrected chi connectivity index (χ0v) is 12.5. The van der Waals surface area contributed by atoms with Crippen molar-refractivity contribution in [3.05, 3.63) is 23.3 Å². The number of halogens is 3. The number of carbonyl (C=O) groups is 2. The van der Waals surface area contributed by atoms with Gasteiger partial charge in [0.15, 0.2) is 0 Å². The summed E-state index contributed by atoms with van der Waals surface area (Å²) in [5.41, 5.74) is -3.10. The summed E-state index contributed by atoms with van der Waals surface area (Å²) in [5.74, 6) is -1.51. The number of amides is 1. The smallest absolute Gasteiger partial charge is 0.478 e. The highest BCUT2D eigenvalue weighted by Crippen LogP contribution is 2.21. The molecule has 0 aliphatic heterocycles. The van der Waals surface area contributed by atoms with Crippen LogP contribution in [-0.2, 0) is 4.74 Å². The largest absolute Gasteiger partial charge is 0.509 e. The third kappa shape index (κ3) is 4.68. The summed E-state index contributed by atoms with van der Waals surface area (Å²) in [6.07, 6.45) is -0.965. The lowest BCUT2D eigenvalue weighted by Gasteiger charge is -2.23. The lowest BCUT2D eigenvalue weighted by atomic mass is 9.75. The van der Waals surface area contributed by atoms with Gasteiger partial charge in [0.2, 0.25) is 0 Å². The van der Waals surface area contributed by atoms with Gasteiger partial charge in [0.05, 0.1) is 5.56 Å². The van der Waals surface area contributed by atoms with Gasteiger partial charge in [-0.2, -0.15) is 0 Å². The fourth-order valence-electron chi connectivity index (χ4n) is 1.79. The molecule has 0 saturated carbocycles. The maximum atomic E-state index is 13.0. The van der Waals surface area contributed by atoms with Gasteiger partial charge >= 0.3 is 19.0 Å². The van der Waals surface area contributed by atoms with Gasteiger partial charge in [-0.3, -0.25) is 5.32 Å². The van der Waals surface area contributed by atoms with Crippen molar-refractivity contribution in [2.75, 3.05) is 5.32 Å².